The number of carbonyl (C=O) groups is 1. The van der Waals surface area contributed by atoms with Crippen molar-refractivity contribution in [2.24, 2.45) is 11.1 Å². The number of hydrogen-bond acceptors (Lipinski definition) is 3. The Morgan fingerprint density at radius 2 is 2.00 bits per heavy atom. The number of amides is 1. The van der Waals surface area contributed by atoms with E-state index in [2.05, 4.69) is 32.6 Å². The van der Waals surface area contributed by atoms with Gasteiger partial charge in [-0.2, -0.15) is 0 Å². The summed E-state index contributed by atoms with van der Waals surface area (Å²) in [5.41, 5.74) is 5.48. The van der Waals surface area contributed by atoms with Gasteiger partial charge in [-0.15, -0.1) is 0 Å². The first kappa shape index (κ1) is 15.8. The molecule has 0 aromatic rings. The van der Waals surface area contributed by atoms with Crippen molar-refractivity contribution in [1.29, 1.82) is 0 Å². The van der Waals surface area contributed by atoms with Gasteiger partial charge >= 0.3 is 0 Å². The van der Waals surface area contributed by atoms with E-state index < -0.39 is 5.54 Å². The lowest BCUT2D eigenvalue weighted by atomic mass is 9.54. The number of ether oxygens (including phenoxy) is 1. The molecule has 0 bridgehead atoms. The molecule has 4 heteroatoms. The molecule has 1 saturated heterocycles. The van der Waals surface area contributed by atoms with Crippen molar-refractivity contribution < 1.29 is 9.53 Å². The molecule has 0 aromatic heterocycles. The molecule has 4 unspecified atom stereocenters. The second kappa shape index (κ2) is 5.30. The standard InChI is InChI=1S/C16H30N2O2/c1-6-12-9-8-11(3)18(12)14(19)16(17)10-13(20-7-2)15(16,4)5/h11-13H,6-10,17H2,1-5H3. The number of nitrogens with two attached hydrogens (primary N) is 1. The average molecular weight is 282 g/mol. The Balaban J connectivity index is 2.17. The predicted molar refractivity (Wildman–Crippen MR) is 80.4 cm³/mol. The highest BCUT2D eigenvalue weighted by molar-refractivity contribution is 5.89. The summed E-state index contributed by atoms with van der Waals surface area (Å²) in [6.45, 7) is 11.1. The van der Waals surface area contributed by atoms with Gasteiger partial charge in [0, 0.05) is 30.5 Å². The minimum absolute atomic E-state index is 0.0967. The highest BCUT2D eigenvalue weighted by Crippen LogP contribution is 2.51. The molecule has 4 nitrogen and oxygen atoms in total. The highest BCUT2D eigenvalue weighted by Gasteiger charge is 2.64. The number of rotatable bonds is 4. The van der Waals surface area contributed by atoms with Crippen molar-refractivity contribution in [3.63, 3.8) is 0 Å². The van der Waals surface area contributed by atoms with Crippen molar-refractivity contribution in [3.8, 4) is 0 Å². The Kier molecular flexibility index (Phi) is 4.18. The molecule has 2 fully saturated rings. The van der Waals surface area contributed by atoms with Crippen LogP contribution in [-0.4, -0.2) is 41.1 Å². The number of hydrogen-bond donors (Lipinski definition) is 1. The molecule has 2 aliphatic rings. The SMILES string of the molecule is CCOC1CC(N)(C(=O)N2C(C)CCC2CC)C1(C)C. The fourth-order valence-corrected chi connectivity index (χ4v) is 3.87. The van der Waals surface area contributed by atoms with Gasteiger partial charge in [-0.3, -0.25) is 4.79 Å². The van der Waals surface area contributed by atoms with Crippen LogP contribution >= 0.6 is 0 Å². The van der Waals surface area contributed by atoms with E-state index in [1.54, 1.807) is 0 Å². The Bertz CT molecular complexity index is 383. The van der Waals surface area contributed by atoms with Crippen LogP contribution < -0.4 is 5.73 Å². The van der Waals surface area contributed by atoms with E-state index >= 15 is 0 Å². The van der Waals surface area contributed by atoms with Crippen LogP contribution in [0.2, 0.25) is 0 Å². The van der Waals surface area contributed by atoms with E-state index in [4.69, 9.17) is 10.5 Å². The molecule has 1 saturated carbocycles. The summed E-state index contributed by atoms with van der Waals surface area (Å²) in [5, 5.41) is 0. The predicted octanol–water partition coefficient (Wildman–Crippen LogP) is 2.31. The maximum atomic E-state index is 13.0. The first-order valence-electron chi connectivity index (χ1n) is 8.02. The summed E-state index contributed by atoms with van der Waals surface area (Å²) < 4.78 is 5.73. The number of nitrogens with zero attached hydrogens (tertiary/aromatic N) is 1. The smallest absolute Gasteiger partial charge is 0.243 e. The lowest BCUT2D eigenvalue weighted by molar-refractivity contribution is -0.181. The minimum atomic E-state index is -0.765. The van der Waals surface area contributed by atoms with Crippen molar-refractivity contribution in [2.45, 2.75) is 84.0 Å². The second-order valence-corrected chi connectivity index (χ2v) is 7.04. The molecule has 20 heavy (non-hydrogen) atoms. The molecule has 0 aromatic carbocycles. The molecule has 116 valence electrons. The van der Waals surface area contributed by atoms with E-state index in [1.165, 1.54) is 0 Å². The molecular weight excluding hydrogens is 252 g/mol. The van der Waals surface area contributed by atoms with Gasteiger partial charge < -0.3 is 15.4 Å². The van der Waals surface area contributed by atoms with Crippen molar-refractivity contribution >= 4 is 5.91 Å². The summed E-state index contributed by atoms with van der Waals surface area (Å²) in [6, 6.07) is 0.676. The van der Waals surface area contributed by atoms with E-state index in [-0.39, 0.29) is 17.4 Å². The van der Waals surface area contributed by atoms with Crippen LogP contribution in [-0.2, 0) is 9.53 Å². The second-order valence-electron chi connectivity index (χ2n) is 7.04. The van der Waals surface area contributed by atoms with Crippen LogP contribution in [0, 0.1) is 5.41 Å². The maximum absolute atomic E-state index is 13.0. The highest BCUT2D eigenvalue weighted by atomic mass is 16.5. The van der Waals surface area contributed by atoms with Crippen molar-refractivity contribution in [3.05, 3.63) is 0 Å². The molecule has 1 amide bonds. The lowest BCUT2D eigenvalue weighted by Gasteiger charge is -2.59. The first-order valence-corrected chi connectivity index (χ1v) is 8.02. The fraction of sp³-hybridized carbons (Fsp3) is 0.938. The van der Waals surface area contributed by atoms with Gasteiger partial charge in [-0.05, 0) is 33.1 Å². The molecule has 0 spiro atoms. The summed E-state index contributed by atoms with van der Waals surface area (Å²) in [5.74, 6) is 0.135. The molecular formula is C16H30N2O2. The van der Waals surface area contributed by atoms with Gasteiger partial charge in [-0.25, -0.2) is 0 Å². The minimum Gasteiger partial charge on any atom is -0.378 e. The van der Waals surface area contributed by atoms with Crippen molar-refractivity contribution in [2.75, 3.05) is 6.61 Å². The van der Waals surface area contributed by atoms with Gasteiger partial charge in [0.25, 0.3) is 0 Å². The molecule has 2 N–H and O–H groups in total. The molecule has 4 atom stereocenters. The zero-order valence-corrected chi connectivity index (χ0v) is 13.6. The zero-order valence-electron chi connectivity index (χ0n) is 13.6. The van der Waals surface area contributed by atoms with Gasteiger partial charge in [0.2, 0.25) is 5.91 Å². The van der Waals surface area contributed by atoms with Gasteiger partial charge in [-0.1, -0.05) is 20.8 Å². The van der Waals surface area contributed by atoms with Gasteiger partial charge in [0.15, 0.2) is 0 Å². The topological polar surface area (TPSA) is 55.6 Å². The molecule has 2 rings (SSSR count). The van der Waals surface area contributed by atoms with E-state index in [9.17, 15) is 4.79 Å². The summed E-state index contributed by atoms with van der Waals surface area (Å²) >= 11 is 0. The normalized spacial score (nSPS) is 39.7. The average Bonchev–Trinajstić information content (AvgIpc) is 2.78. The number of likely N-dealkylation sites (tertiary alicyclic amines) is 1. The lowest BCUT2D eigenvalue weighted by Crippen LogP contribution is -2.76. The first-order chi connectivity index (χ1) is 9.29. The van der Waals surface area contributed by atoms with Crippen LogP contribution in [0.5, 0.6) is 0 Å². The monoisotopic (exact) mass is 282 g/mol. The third-order valence-electron chi connectivity index (χ3n) is 5.70. The van der Waals surface area contributed by atoms with E-state index in [1.807, 2.05) is 6.92 Å². The fourth-order valence-electron chi connectivity index (χ4n) is 3.87. The summed E-state index contributed by atoms with van der Waals surface area (Å²) in [6.07, 6.45) is 3.96. The summed E-state index contributed by atoms with van der Waals surface area (Å²) in [7, 11) is 0. The van der Waals surface area contributed by atoms with Crippen molar-refractivity contribution in [1.82, 2.24) is 4.90 Å². The van der Waals surface area contributed by atoms with Crippen LogP contribution in [0.25, 0.3) is 0 Å². The van der Waals surface area contributed by atoms with E-state index in [0.717, 1.165) is 19.3 Å². The van der Waals surface area contributed by atoms with Crippen LogP contribution in [0.3, 0.4) is 0 Å². The third-order valence-corrected chi connectivity index (χ3v) is 5.70. The molecule has 0 radical (unpaired) electrons. The molecule has 1 aliphatic heterocycles. The van der Waals surface area contributed by atoms with Crippen LogP contribution in [0.4, 0.5) is 0 Å². The molecule has 1 heterocycles. The van der Waals surface area contributed by atoms with Gasteiger partial charge in [0.1, 0.15) is 5.54 Å². The Labute approximate surface area is 123 Å². The maximum Gasteiger partial charge on any atom is 0.243 e. The third kappa shape index (κ3) is 2.08. The number of carbonyl (C=O) groups excluding carboxylic acids is 1. The molecule has 1 aliphatic carbocycles. The van der Waals surface area contributed by atoms with Gasteiger partial charge in [0.05, 0.1) is 6.10 Å². The zero-order chi connectivity index (χ0) is 15.1. The summed E-state index contributed by atoms with van der Waals surface area (Å²) in [4.78, 5) is 15.1. The largest absolute Gasteiger partial charge is 0.378 e. The quantitative estimate of drug-likeness (QED) is 0.861. The Hall–Kier alpha value is -0.610. The Morgan fingerprint density at radius 3 is 2.50 bits per heavy atom. The van der Waals surface area contributed by atoms with Crippen LogP contribution in [0.1, 0.15) is 60.3 Å². The Morgan fingerprint density at radius 1 is 1.35 bits per heavy atom. The van der Waals surface area contributed by atoms with E-state index in [0.29, 0.717) is 25.1 Å². The van der Waals surface area contributed by atoms with Crippen LogP contribution in [0.15, 0.2) is 0 Å².